The molecular weight excluding hydrogens is 370 g/mol. The molecule has 2 aliphatic rings. The monoisotopic (exact) mass is 389 g/mol. The Labute approximate surface area is 167 Å². The number of piperidine rings is 1. The largest absolute Gasteiger partial charge is 0.450 e. The number of carbonyl (C=O) groups excluding carboxylic acids is 2. The summed E-state index contributed by atoms with van der Waals surface area (Å²) in [5.41, 5.74) is 2.87. The number of benzene rings is 2. The number of nitrogens with zero attached hydrogens (tertiary/aromatic N) is 1. The number of hydrogen-bond donors (Lipinski definition) is 0. The molecule has 140 valence electrons. The molecule has 0 aliphatic carbocycles. The van der Waals surface area contributed by atoms with Crippen LogP contribution in [0, 0.1) is 0 Å². The fourth-order valence-electron chi connectivity index (χ4n) is 4.19. The molecule has 0 saturated carbocycles. The van der Waals surface area contributed by atoms with E-state index in [1.807, 2.05) is 64.9 Å². The second-order valence-electron chi connectivity index (χ2n) is 7.28. The molecule has 0 radical (unpaired) electrons. The number of hydrogen-bond acceptors (Lipinski definition) is 4. The predicted octanol–water partition coefficient (Wildman–Crippen LogP) is 4.72. The highest BCUT2D eigenvalue weighted by Gasteiger charge is 2.47. The number of thiophene rings is 1. The van der Waals surface area contributed by atoms with Crippen LogP contribution in [0.3, 0.4) is 0 Å². The SMILES string of the molecule is O=C1OC2(CCN(C(=O)c3ccc(-c4cccs4)cc3)CC2)c2ccccc21. The van der Waals surface area contributed by atoms with Crippen LogP contribution >= 0.6 is 11.3 Å². The van der Waals surface area contributed by atoms with E-state index in [-0.39, 0.29) is 11.9 Å². The Kier molecular flexibility index (Phi) is 4.05. The van der Waals surface area contributed by atoms with Crippen LogP contribution in [0.2, 0.25) is 0 Å². The summed E-state index contributed by atoms with van der Waals surface area (Å²) in [6.45, 7) is 1.15. The fraction of sp³-hybridized carbons (Fsp3) is 0.217. The molecule has 5 heteroatoms. The Morgan fingerprint density at radius 1 is 0.964 bits per heavy atom. The van der Waals surface area contributed by atoms with Crippen molar-refractivity contribution in [2.45, 2.75) is 18.4 Å². The Balaban J connectivity index is 1.31. The first-order chi connectivity index (χ1) is 13.7. The Hall–Kier alpha value is -2.92. The Morgan fingerprint density at radius 2 is 1.71 bits per heavy atom. The fourth-order valence-corrected chi connectivity index (χ4v) is 4.92. The van der Waals surface area contributed by atoms with E-state index in [0.29, 0.717) is 37.1 Å². The molecule has 3 aromatic rings. The highest BCUT2D eigenvalue weighted by atomic mass is 32.1. The van der Waals surface area contributed by atoms with Crippen LogP contribution in [-0.4, -0.2) is 29.9 Å². The van der Waals surface area contributed by atoms with Crippen LogP contribution < -0.4 is 0 Å². The maximum absolute atomic E-state index is 12.9. The van der Waals surface area contributed by atoms with E-state index in [9.17, 15) is 9.59 Å². The molecule has 0 atom stereocenters. The second kappa shape index (κ2) is 6.60. The minimum Gasteiger partial charge on any atom is -0.450 e. The van der Waals surface area contributed by atoms with Crippen molar-refractivity contribution in [1.29, 1.82) is 0 Å². The van der Waals surface area contributed by atoms with Gasteiger partial charge in [0.25, 0.3) is 5.91 Å². The normalized spacial score (nSPS) is 17.4. The van der Waals surface area contributed by atoms with Gasteiger partial charge in [0.2, 0.25) is 0 Å². The third-order valence-corrected chi connectivity index (χ3v) is 6.64. The Morgan fingerprint density at radius 3 is 2.43 bits per heavy atom. The molecule has 3 heterocycles. The van der Waals surface area contributed by atoms with Gasteiger partial charge in [-0.15, -0.1) is 11.3 Å². The number of amides is 1. The first kappa shape index (κ1) is 17.2. The summed E-state index contributed by atoms with van der Waals surface area (Å²) in [4.78, 5) is 28.2. The molecule has 0 bridgehead atoms. The van der Waals surface area contributed by atoms with Crippen LogP contribution in [0.1, 0.15) is 39.1 Å². The van der Waals surface area contributed by atoms with Gasteiger partial charge in [-0.05, 0) is 35.2 Å². The van der Waals surface area contributed by atoms with Gasteiger partial charge in [0.15, 0.2) is 0 Å². The van der Waals surface area contributed by atoms with Gasteiger partial charge in [-0.3, -0.25) is 4.79 Å². The molecule has 4 nitrogen and oxygen atoms in total. The highest BCUT2D eigenvalue weighted by molar-refractivity contribution is 7.13. The molecule has 0 unspecified atom stereocenters. The van der Waals surface area contributed by atoms with Gasteiger partial charge in [0.1, 0.15) is 5.60 Å². The lowest BCUT2D eigenvalue weighted by molar-refractivity contribution is -0.0389. The molecule has 1 fully saturated rings. The van der Waals surface area contributed by atoms with Gasteiger partial charge in [-0.2, -0.15) is 0 Å². The van der Waals surface area contributed by atoms with Gasteiger partial charge < -0.3 is 9.64 Å². The van der Waals surface area contributed by atoms with Crippen molar-refractivity contribution in [1.82, 2.24) is 4.90 Å². The summed E-state index contributed by atoms with van der Waals surface area (Å²) in [5, 5.41) is 2.05. The van der Waals surface area contributed by atoms with Crippen LogP contribution in [0.25, 0.3) is 10.4 Å². The van der Waals surface area contributed by atoms with Crippen molar-refractivity contribution in [2.75, 3.05) is 13.1 Å². The van der Waals surface area contributed by atoms with Crippen LogP contribution in [0.5, 0.6) is 0 Å². The van der Waals surface area contributed by atoms with E-state index in [2.05, 4.69) is 6.07 Å². The second-order valence-corrected chi connectivity index (χ2v) is 8.22. The van der Waals surface area contributed by atoms with Gasteiger partial charge in [0, 0.05) is 41.9 Å². The molecule has 2 aromatic carbocycles. The van der Waals surface area contributed by atoms with Crippen molar-refractivity contribution in [3.63, 3.8) is 0 Å². The van der Waals surface area contributed by atoms with Crippen molar-refractivity contribution in [3.8, 4) is 10.4 Å². The topological polar surface area (TPSA) is 46.6 Å². The average Bonchev–Trinajstić information content (AvgIpc) is 3.37. The summed E-state index contributed by atoms with van der Waals surface area (Å²) in [5.74, 6) is -0.218. The van der Waals surface area contributed by atoms with E-state index < -0.39 is 5.60 Å². The number of rotatable bonds is 2. The quantitative estimate of drug-likeness (QED) is 0.596. The van der Waals surface area contributed by atoms with Crippen molar-refractivity contribution >= 4 is 23.2 Å². The molecule has 1 amide bonds. The summed E-state index contributed by atoms with van der Waals surface area (Å²) < 4.78 is 5.78. The summed E-state index contributed by atoms with van der Waals surface area (Å²) in [6, 6.07) is 19.5. The molecule has 5 rings (SSSR count). The van der Waals surface area contributed by atoms with E-state index in [1.54, 1.807) is 11.3 Å². The molecule has 1 saturated heterocycles. The molecular formula is C23H19NO3S. The van der Waals surface area contributed by atoms with Crippen molar-refractivity contribution in [3.05, 3.63) is 82.7 Å². The summed E-state index contributed by atoms with van der Waals surface area (Å²) >= 11 is 1.69. The molecule has 0 N–H and O–H groups in total. The molecule has 28 heavy (non-hydrogen) atoms. The van der Waals surface area contributed by atoms with E-state index in [4.69, 9.17) is 4.74 Å². The lowest BCUT2D eigenvalue weighted by atomic mass is 9.83. The zero-order valence-corrected chi connectivity index (χ0v) is 16.1. The smallest absolute Gasteiger partial charge is 0.339 e. The lowest BCUT2D eigenvalue weighted by Gasteiger charge is -2.38. The Bertz CT molecular complexity index is 1030. The van der Waals surface area contributed by atoms with Crippen LogP contribution in [0.15, 0.2) is 66.0 Å². The minimum atomic E-state index is -0.576. The summed E-state index contributed by atoms with van der Waals surface area (Å²) in [6.07, 6.45) is 1.27. The molecule has 2 aliphatic heterocycles. The van der Waals surface area contributed by atoms with Gasteiger partial charge in [-0.1, -0.05) is 36.4 Å². The highest BCUT2D eigenvalue weighted by Crippen LogP contribution is 2.44. The van der Waals surface area contributed by atoms with E-state index in [0.717, 1.165) is 11.1 Å². The van der Waals surface area contributed by atoms with Crippen molar-refractivity contribution in [2.24, 2.45) is 0 Å². The number of ether oxygens (including phenoxy) is 1. The maximum Gasteiger partial charge on any atom is 0.339 e. The third-order valence-electron chi connectivity index (χ3n) is 5.72. The number of esters is 1. The standard InChI is InChI=1S/C23H19NO3S/c25-21(17-9-7-16(8-10-17)20-6-3-15-28-20)24-13-11-23(12-14-24)19-5-2-1-4-18(19)22(26)27-23/h1-10,15H,11-14H2. The van der Waals surface area contributed by atoms with Gasteiger partial charge >= 0.3 is 5.97 Å². The van der Waals surface area contributed by atoms with E-state index in [1.165, 1.54) is 4.88 Å². The van der Waals surface area contributed by atoms with E-state index >= 15 is 0 Å². The predicted molar refractivity (Wildman–Crippen MR) is 108 cm³/mol. The molecule has 1 aromatic heterocycles. The number of likely N-dealkylation sites (tertiary alicyclic amines) is 1. The minimum absolute atomic E-state index is 0.0326. The summed E-state index contributed by atoms with van der Waals surface area (Å²) in [7, 11) is 0. The average molecular weight is 389 g/mol. The van der Waals surface area contributed by atoms with Gasteiger partial charge in [-0.25, -0.2) is 4.79 Å². The van der Waals surface area contributed by atoms with Gasteiger partial charge in [0.05, 0.1) is 5.56 Å². The van der Waals surface area contributed by atoms with Crippen LogP contribution in [-0.2, 0) is 10.3 Å². The first-order valence-electron chi connectivity index (χ1n) is 9.42. The van der Waals surface area contributed by atoms with Crippen molar-refractivity contribution < 1.29 is 14.3 Å². The third kappa shape index (κ3) is 2.74. The first-order valence-corrected chi connectivity index (χ1v) is 10.3. The van der Waals surface area contributed by atoms with Crippen LogP contribution in [0.4, 0.5) is 0 Å². The zero-order chi connectivity index (χ0) is 19.1. The number of carbonyl (C=O) groups is 2. The zero-order valence-electron chi connectivity index (χ0n) is 15.3. The number of fused-ring (bicyclic) bond motifs is 2. The maximum atomic E-state index is 12.9. The lowest BCUT2D eigenvalue weighted by Crippen LogP contribution is -2.45. The molecule has 1 spiro atoms.